The van der Waals surface area contributed by atoms with Crippen molar-refractivity contribution in [3.8, 4) is 0 Å². The zero-order valence-corrected chi connectivity index (χ0v) is 17.9. The molecule has 2 aliphatic rings. The van der Waals surface area contributed by atoms with Crippen LogP contribution >= 0.6 is 0 Å². The van der Waals surface area contributed by atoms with Gasteiger partial charge in [-0.2, -0.15) is 0 Å². The Labute approximate surface area is 188 Å². The number of fused-ring (bicyclic) bond motifs is 1. The molecule has 2 atom stereocenters. The van der Waals surface area contributed by atoms with Crippen LogP contribution in [0.2, 0.25) is 0 Å². The molecule has 0 bridgehead atoms. The molecule has 1 aliphatic carbocycles. The lowest BCUT2D eigenvalue weighted by Gasteiger charge is -2.25. The third-order valence-corrected chi connectivity index (χ3v) is 6.63. The van der Waals surface area contributed by atoms with Crippen molar-refractivity contribution in [2.24, 2.45) is 17.8 Å². The van der Waals surface area contributed by atoms with Crippen molar-refractivity contribution in [1.82, 2.24) is 4.90 Å². The average Bonchev–Trinajstić information content (AvgIpc) is 3.26. The second kappa shape index (κ2) is 9.13. The molecule has 1 saturated heterocycles. The lowest BCUT2D eigenvalue weighted by Crippen LogP contribution is -2.35. The predicted octanol–water partition coefficient (Wildman–Crippen LogP) is 5.35. The van der Waals surface area contributed by atoms with Crippen LogP contribution in [0.5, 0.6) is 0 Å². The number of amides is 1. The molecule has 1 aliphatic heterocycles. The molecule has 3 aromatic carbocycles. The summed E-state index contributed by atoms with van der Waals surface area (Å²) < 4.78 is 19.5. The number of nitrogens with zero attached hydrogens (tertiary/aromatic N) is 2. The minimum atomic E-state index is -0.425. The fraction of sp³-hybridized carbons (Fsp3) is 0.296. The van der Waals surface area contributed by atoms with E-state index in [1.54, 1.807) is 17.0 Å². The molecule has 2 unspecified atom stereocenters. The molecule has 0 N–H and O–H groups in total. The largest absolute Gasteiger partial charge is 0.444 e. The van der Waals surface area contributed by atoms with E-state index in [1.165, 1.54) is 17.7 Å². The van der Waals surface area contributed by atoms with Crippen molar-refractivity contribution < 1.29 is 13.9 Å². The number of carbonyl (C=O) groups is 1. The minimum absolute atomic E-state index is 0.202. The van der Waals surface area contributed by atoms with Crippen LogP contribution in [0, 0.1) is 23.6 Å². The number of hydrogen-bond acceptors (Lipinski definition) is 3. The summed E-state index contributed by atoms with van der Waals surface area (Å²) in [5, 5.41) is 0. The lowest BCUT2D eigenvalue weighted by atomic mass is 10.2. The van der Waals surface area contributed by atoms with Gasteiger partial charge >= 0.3 is 6.09 Å². The van der Waals surface area contributed by atoms with Gasteiger partial charge in [0.15, 0.2) is 0 Å². The fourth-order valence-corrected chi connectivity index (χ4v) is 4.92. The van der Waals surface area contributed by atoms with Gasteiger partial charge in [0.2, 0.25) is 0 Å². The summed E-state index contributed by atoms with van der Waals surface area (Å²) in [6, 6.07) is 26.3. The monoisotopic (exact) mass is 430 g/mol. The van der Waals surface area contributed by atoms with E-state index in [0.29, 0.717) is 30.0 Å². The quantitative estimate of drug-likeness (QED) is 0.507. The van der Waals surface area contributed by atoms with Crippen molar-refractivity contribution >= 4 is 11.8 Å². The first-order chi connectivity index (χ1) is 15.7. The zero-order chi connectivity index (χ0) is 21.9. The number of likely N-dealkylation sites (tertiary alicyclic amines) is 1. The van der Waals surface area contributed by atoms with Gasteiger partial charge in [0.1, 0.15) is 12.4 Å². The van der Waals surface area contributed by atoms with E-state index < -0.39 is 6.09 Å². The van der Waals surface area contributed by atoms with Crippen LogP contribution in [0.15, 0.2) is 84.9 Å². The summed E-state index contributed by atoms with van der Waals surface area (Å²) >= 11 is 0. The third-order valence-electron chi connectivity index (χ3n) is 6.63. The molecule has 2 fully saturated rings. The highest BCUT2D eigenvalue weighted by atomic mass is 19.1. The molecule has 32 heavy (non-hydrogen) atoms. The Hall–Kier alpha value is -3.18. The molecule has 4 nitrogen and oxygen atoms in total. The molecular formula is C27H27FN2O2. The Morgan fingerprint density at radius 1 is 0.906 bits per heavy atom. The summed E-state index contributed by atoms with van der Waals surface area (Å²) in [5.74, 6) is 1.23. The highest BCUT2D eigenvalue weighted by molar-refractivity contribution is 5.87. The van der Waals surface area contributed by atoms with E-state index in [9.17, 15) is 9.18 Å². The second-order valence-corrected chi connectivity index (χ2v) is 8.80. The van der Waals surface area contributed by atoms with Crippen LogP contribution in [0.25, 0.3) is 0 Å². The van der Waals surface area contributed by atoms with E-state index in [-0.39, 0.29) is 12.4 Å². The van der Waals surface area contributed by atoms with Crippen molar-refractivity contribution in [2.75, 3.05) is 24.5 Å². The topological polar surface area (TPSA) is 32.8 Å². The maximum Gasteiger partial charge on any atom is 0.414 e. The van der Waals surface area contributed by atoms with Crippen LogP contribution in [0.3, 0.4) is 0 Å². The van der Waals surface area contributed by atoms with E-state index in [0.717, 1.165) is 25.2 Å². The molecule has 0 radical (unpaired) electrons. The number of piperidine rings is 1. The molecule has 1 saturated carbocycles. The Kier molecular flexibility index (Phi) is 5.91. The van der Waals surface area contributed by atoms with Gasteiger partial charge < -0.3 is 4.74 Å². The summed E-state index contributed by atoms with van der Waals surface area (Å²) in [6.07, 6.45) is -0.425. The first kappa shape index (κ1) is 20.7. The molecule has 0 aromatic heterocycles. The van der Waals surface area contributed by atoms with E-state index in [1.807, 2.05) is 36.4 Å². The van der Waals surface area contributed by atoms with Crippen LogP contribution in [0.4, 0.5) is 14.9 Å². The molecule has 5 rings (SSSR count). The minimum Gasteiger partial charge on any atom is -0.444 e. The summed E-state index contributed by atoms with van der Waals surface area (Å²) in [6.45, 7) is 3.81. The standard InChI is InChI=1S/C27H27FN2O2/c28-22-12-7-13-23(14-22)30(27(31)32-19-21-10-5-2-6-11-21)18-26-24-16-29(17-25(24)26)15-20-8-3-1-4-9-20/h1-14,24-26H,15-19H2. The van der Waals surface area contributed by atoms with Crippen LogP contribution in [-0.2, 0) is 17.9 Å². The molecule has 5 heteroatoms. The van der Waals surface area contributed by atoms with Gasteiger partial charge in [-0.3, -0.25) is 9.80 Å². The number of anilines is 1. The Balaban J connectivity index is 1.22. The van der Waals surface area contributed by atoms with Gasteiger partial charge in [-0.15, -0.1) is 0 Å². The number of benzene rings is 3. The van der Waals surface area contributed by atoms with Gasteiger partial charge in [0.05, 0.1) is 0 Å². The summed E-state index contributed by atoms with van der Waals surface area (Å²) in [5.41, 5.74) is 2.81. The lowest BCUT2D eigenvalue weighted by molar-refractivity contribution is 0.146. The number of ether oxygens (including phenoxy) is 1. The zero-order valence-electron chi connectivity index (χ0n) is 17.9. The molecule has 3 aromatic rings. The Morgan fingerprint density at radius 2 is 1.56 bits per heavy atom. The maximum absolute atomic E-state index is 13.9. The number of halogens is 1. The SMILES string of the molecule is O=C(OCc1ccccc1)N(CC1C2CN(Cc3ccccc3)CC21)c1cccc(F)c1. The Bertz CT molecular complexity index is 1050. The van der Waals surface area contributed by atoms with E-state index in [4.69, 9.17) is 4.74 Å². The van der Waals surface area contributed by atoms with Gasteiger partial charge in [-0.05, 0) is 47.1 Å². The molecular weight excluding hydrogens is 403 g/mol. The van der Waals surface area contributed by atoms with Gasteiger partial charge in [0, 0.05) is 31.9 Å². The third kappa shape index (κ3) is 4.68. The van der Waals surface area contributed by atoms with E-state index in [2.05, 4.69) is 29.2 Å². The smallest absolute Gasteiger partial charge is 0.414 e. The normalized spacial score (nSPS) is 21.7. The highest BCUT2D eigenvalue weighted by Gasteiger charge is 2.56. The van der Waals surface area contributed by atoms with Crippen LogP contribution in [-0.4, -0.2) is 30.6 Å². The number of hydrogen-bond donors (Lipinski definition) is 0. The van der Waals surface area contributed by atoms with Gasteiger partial charge in [-0.1, -0.05) is 66.7 Å². The van der Waals surface area contributed by atoms with Crippen LogP contribution < -0.4 is 4.90 Å². The van der Waals surface area contributed by atoms with Gasteiger partial charge in [-0.25, -0.2) is 9.18 Å². The maximum atomic E-state index is 13.9. The van der Waals surface area contributed by atoms with Crippen molar-refractivity contribution in [3.05, 3.63) is 102 Å². The average molecular weight is 431 g/mol. The first-order valence-corrected chi connectivity index (χ1v) is 11.2. The fourth-order valence-electron chi connectivity index (χ4n) is 4.92. The van der Waals surface area contributed by atoms with Crippen molar-refractivity contribution in [1.29, 1.82) is 0 Å². The summed E-state index contributed by atoms with van der Waals surface area (Å²) in [7, 11) is 0. The molecule has 1 heterocycles. The van der Waals surface area contributed by atoms with E-state index >= 15 is 0 Å². The van der Waals surface area contributed by atoms with Crippen molar-refractivity contribution in [3.63, 3.8) is 0 Å². The summed E-state index contributed by atoms with van der Waals surface area (Å²) in [4.78, 5) is 17.1. The molecule has 164 valence electrons. The predicted molar refractivity (Wildman–Crippen MR) is 123 cm³/mol. The molecule has 1 amide bonds. The van der Waals surface area contributed by atoms with Crippen molar-refractivity contribution in [2.45, 2.75) is 13.2 Å². The van der Waals surface area contributed by atoms with Crippen LogP contribution in [0.1, 0.15) is 11.1 Å². The highest BCUT2D eigenvalue weighted by Crippen LogP contribution is 2.52. The number of rotatable bonds is 7. The van der Waals surface area contributed by atoms with Gasteiger partial charge in [0.25, 0.3) is 0 Å². The Morgan fingerprint density at radius 3 is 2.22 bits per heavy atom. The second-order valence-electron chi connectivity index (χ2n) is 8.80. The number of carbonyl (C=O) groups excluding carboxylic acids is 1. The molecule has 0 spiro atoms. The first-order valence-electron chi connectivity index (χ1n) is 11.2.